The lowest BCUT2D eigenvalue weighted by atomic mass is 9.89. The van der Waals surface area contributed by atoms with E-state index in [9.17, 15) is 0 Å². The lowest BCUT2D eigenvalue weighted by Gasteiger charge is -2.20. The third-order valence-corrected chi connectivity index (χ3v) is 3.70. The second kappa shape index (κ2) is 3.35. The van der Waals surface area contributed by atoms with Gasteiger partial charge in [0.2, 0.25) is 0 Å². The summed E-state index contributed by atoms with van der Waals surface area (Å²) >= 11 is 0. The van der Waals surface area contributed by atoms with Crippen molar-refractivity contribution in [2.45, 2.75) is 50.6 Å². The average Bonchev–Trinajstić information content (AvgIpc) is 2.38. The average molecular weight is 168 g/mol. The van der Waals surface area contributed by atoms with Gasteiger partial charge in [0, 0.05) is 12.1 Å². The minimum atomic E-state index is 0.459. The van der Waals surface area contributed by atoms with Gasteiger partial charge < -0.3 is 11.5 Å². The summed E-state index contributed by atoms with van der Waals surface area (Å²) in [6, 6.07) is 0.945. The zero-order valence-electron chi connectivity index (χ0n) is 7.71. The smallest absolute Gasteiger partial charge is 0.00699 e. The molecule has 2 saturated carbocycles. The molecule has 12 heavy (non-hydrogen) atoms. The van der Waals surface area contributed by atoms with Crippen molar-refractivity contribution in [1.29, 1.82) is 0 Å². The van der Waals surface area contributed by atoms with Crippen molar-refractivity contribution in [2.75, 3.05) is 0 Å². The molecule has 0 radical (unpaired) electrons. The van der Waals surface area contributed by atoms with Gasteiger partial charge in [-0.25, -0.2) is 0 Å². The van der Waals surface area contributed by atoms with E-state index in [1.807, 2.05) is 0 Å². The topological polar surface area (TPSA) is 52.0 Å². The molecule has 2 aliphatic rings. The van der Waals surface area contributed by atoms with E-state index in [4.69, 9.17) is 11.5 Å². The van der Waals surface area contributed by atoms with E-state index in [-0.39, 0.29) is 0 Å². The third kappa shape index (κ3) is 1.64. The molecule has 2 bridgehead atoms. The molecule has 2 aliphatic carbocycles. The zero-order valence-corrected chi connectivity index (χ0v) is 7.71. The SMILES string of the molecule is NC1CCC2CC(N)C(CC1)C2. The predicted molar refractivity (Wildman–Crippen MR) is 50.6 cm³/mol. The van der Waals surface area contributed by atoms with Crippen molar-refractivity contribution in [1.82, 2.24) is 0 Å². The molecule has 0 heterocycles. The second-order valence-electron chi connectivity index (χ2n) is 4.68. The standard InChI is InChI=1S/C10H20N2/c11-9-3-1-7-5-8(2-4-9)10(12)6-7/h7-10H,1-6,11-12H2. The summed E-state index contributed by atoms with van der Waals surface area (Å²) in [5.41, 5.74) is 12.0. The van der Waals surface area contributed by atoms with Crippen molar-refractivity contribution < 1.29 is 0 Å². The molecular formula is C10H20N2. The highest BCUT2D eigenvalue weighted by Crippen LogP contribution is 2.38. The van der Waals surface area contributed by atoms with Crippen molar-refractivity contribution in [3.8, 4) is 0 Å². The molecule has 4 N–H and O–H groups in total. The molecular weight excluding hydrogens is 148 g/mol. The molecule has 70 valence electrons. The Labute approximate surface area is 74.7 Å². The van der Waals surface area contributed by atoms with Crippen LogP contribution in [0.5, 0.6) is 0 Å². The Morgan fingerprint density at radius 2 is 1.58 bits per heavy atom. The highest BCUT2D eigenvalue weighted by molar-refractivity contribution is 4.89. The summed E-state index contributed by atoms with van der Waals surface area (Å²) in [6.45, 7) is 0. The Bertz CT molecular complexity index is 158. The summed E-state index contributed by atoms with van der Waals surface area (Å²) in [4.78, 5) is 0. The number of hydrogen-bond donors (Lipinski definition) is 2. The summed E-state index contributed by atoms with van der Waals surface area (Å²) in [5.74, 6) is 1.69. The molecule has 0 saturated heterocycles. The van der Waals surface area contributed by atoms with E-state index in [0.717, 1.165) is 11.8 Å². The molecule has 2 fully saturated rings. The highest BCUT2D eigenvalue weighted by atomic mass is 14.7. The van der Waals surface area contributed by atoms with Crippen LogP contribution in [-0.4, -0.2) is 12.1 Å². The largest absolute Gasteiger partial charge is 0.328 e. The zero-order chi connectivity index (χ0) is 8.55. The van der Waals surface area contributed by atoms with Gasteiger partial charge in [-0.2, -0.15) is 0 Å². The number of rotatable bonds is 0. The first kappa shape index (κ1) is 8.52. The number of nitrogens with two attached hydrogens (primary N) is 2. The molecule has 0 spiro atoms. The van der Waals surface area contributed by atoms with Crippen LogP contribution in [0.15, 0.2) is 0 Å². The summed E-state index contributed by atoms with van der Waals surface area (Å²) in [6.07, 6.45) is 7.67. The molecule has 2 nitrogen and oxygen atoms in total. The number of hydrogen-bond acceptors (Lipinski definition) is 2. The summed E-state index contributed by atoms with van der Waals surface area (Å²) < 4.78 is 0. The van der Waals surface area contributed by atoms with Crippen LogP contribution in [0.25, 0.3) is 0 Å². The summed E-state index contributed by atoms with van der Waals surface area (Å²) in [5, 5.41) is 0. The first-order valence-corrected chi connectivity index (χ1v) is 5.27. The minimum absolute atomic E-state index is 0.459. The fourth-order valence-electron chi connectivity index (χ4n) is 2.87. The van der Waals surface area contributed by atoms with Crippen molar-refractivity contribution >= 4 is 0 Å². The van der Waals surface area contributed by atoms with Gasteiger partial charge in [0.1, 0.15) is 0 Å². The van der Waals surface area contributed by atoms with Gasteiger partial charge in [-0.3, -0.25) is 0 Å². The van der Waals surface area contributed by atoms with Gasteiger partial charge in [-0.1, -0.05) is 0 Å². The molecule has 4 unspecified atom stereocenters. The van der Waals surface area contributed by atoms with Gasteiger partial charge in [-0.15, -0.1) is 0 Å². The van der Waals surface area contributed by atoms with E-state index < -0.39 is 0 Å². The predicted octanol–water partition coefficient (Wildman–Crippen LogP) is 1.24. The fourth-order valence-corrected chi connectivity index (χ4v) is 2.87. The van der Waals surface area contributed by atoms with Gasteiger partial charge >= 0.3 is 0 Å². The van der Waals surface area contributed by atoms with Gasteiger partial charge in [-0.05, 0) is 50.4 Å². The van der Waals surface area contributed by atoms with Crippen molar-refractivity contribution in [3.63, 3.8) is 0 Å². The number of fused-ring (bicyclic) bond motifs is 2. The van der Waals surface area contributed by atoms with Gasteiger partial charge in [0.05, 0.1) is 0 Å². The maximum Gasteiger partial charge on any atom is 0.00699 e. The van der Waals surface area contributed by atoms with E-state index in [1.165, 1.54) is 38.5 Å². The molecule has 0 aromatic carbocycles. The first-order chi connectivity index (χ1) is 5.75. The maximum absolute atomic E-state index is 6.06. The van der Waals surface area contributed by atoms with Crippen LogP contribution in [0.2, 0.25) is 0 Å². The Kier molecular flexibility index (Phi) is 2.37. The highest BCUT2D eigenvalue weighted by Gasteiger charge is 2.33. The third-order valence-electron chi connectivity index (χ3n) is 3.70. The maximum atomic E-state index is 6.06. The van der Waals surface area contributed by atoms with Gasteiger partial charge in [0.15, 0.2) is 0 Å². The molecule has 0 aromatic rings. The minimum Gasteiger partial charge on any atom is -0.328 e. The van der Waals surface area contributed by atoms with Crippen LogP contribution < -0.4 is 11.5 Å². The van der Waals surface area contributed by atoms with E-state index in [1.54, 1.807) is 0 Å². The lowest BCUT2D eigenvalue weighted by molar-refractivity contribution is 0.350. The van der Waals surface area contributed by atoms with Crippen LogP contribution in [0.4, 0.5) is 0 Å². The van der Waals surface area contributed by atoms with Crippen LogP contribution in [0.3, 0.4) is 0 Å². The lowest BCUT2D eigenvalue weighted by Crippen LogP contribution is -2.27. The Hall–Kier alpha value is -0.0800. The van der Waals surface area contributed by atoms with E-state index >= 15 is 0 Å². The molecule has 0 amide bonds. The van der Waals surface area contributed by atoms with Crippen molar-refractivity contribution in [3.05, 3.63) is 0 Å². The van der Waals surface area contributed by atoms with Crippen LogP contribution in [-0.2, 0) is 0 Å². The van der Waals surface area contributed by atoms with Crippen LogP contribution in [0.1, 0.15) is 38.5 Å². The Balaban J connectivity index is 1.98. The summed E-state index contributed by atoms with van der Waals surface area (Å²) in [7, 11) is 0. The monoisotopic (exact) mass is 168 g/mol. The fraction of sp³-hybridized carbons (Fsp3) is 1.00. The van der Waals surface area contributed by atoms with Crippen molar-refractivity contribution in [2.24, 2.45) is 23.3 Å². The molecule has 2 rings (SSSR count). The molecule has 4 atom stereocenters. The van der Waals surface area contributed by atoms with E-state index in [2.05, 4.69) is 0 Å². The molecule has 2 heteroatoms. The van der Waals surface area contributed by atoms with Gasteiger partial charge in [0.25, 0.3) is 0 Å². The van der Waals surface area contributed by atoms with E-state index in [0.29, 0.717) is 12.1 Å². The Morgan fingerprint density at radius 3 is 2.42 bits per heavy atom. The Morgan fingerprint density at radius 1 is 0.833 bits per heavy atom. The second-order valence-corrected chi connectivity index (χ2v) is 4.68. The normalized spacial score (nSPS) is 48.5. The first-order valence-electron chi connectivity index (χ1n) is 5.27. The van der Waals surface area contributed by atoms with Crippen LogP contribution >= 0.6 is 0 Å². The quantitative estimate of drug-likeness (QED) is 0.572. The van der Waals surface area contributed by atoms with Crippen LogP contribution in [0, 0.1) is 11.8 Å². The molecule has 0 aliphatic heterocycles. The molecule has 0 aromatic heterocycles.